The van der Waals surface area contributed by atoms with Gasteiger partial charge in [0.25, 0.3) is 0 Å². The first-order chi connectivity index (χ1) is 10.4. The predicted octanol–water partition coefficient (Wildman–Crippen LogP) is 3.28. The highest BCUT2D eigenvalue weighted by Gasteiger charge is 2.26. The van der Waals surface area contributed by atoms with Crippen LogP contribution in [0.3, 0.4) is 0 Å². The maximum absolute atomic E-state index is 5.73. The van der Waals surface area contributed by atoms with E-state index >= 15 is 0 Å². The Morgan fingerprint density at radius 2 is 1.62 bits per heavy atom. The smallest absolute Gasteiger partial charge is 0.124 e. The zero-order valence-electron chi connectivity index (χ0n) is 11.9. The second-order valence-electron chi connectivity index (χ2n) is 5.68. The van der Waals surface area contributed by atoms with E-state index in [0.29, 0.717) is 12.0 Å². The number of hydrogen-bond donors (Lipinski definition) is 1. The van der Waals surface area contributed by atoms with Crippen LogP contribution < -0.4 is 14.8 Å². The summed E-state index contributed by atoms with van der Waals surface area (Å²) in [5, 5.41) is 3.67. The van der Waals surface area contributed by atoms with E-state index in [9.17, 15) is 0 Å². The van der Waals surface area contributed by atoms with Crippen LogP contribution in [0.5, 0.6) is 11.5 Å². The Hall–Kier alpha value is -2.00. The minimum atomic E-state index is 0.302. The van der Waals surface area contributed by atoms with Crippen LogP contribution in [-0.2, 0) is 0 Å². The fraction of sp³-hybridized carbons (Fsp3) is 0.333. The Balaban J connectivity index is 1.47. The van der Waals surface area contributed by atoms with Gasteiger partial charge in [-0.15, -0.1) is 0 Å². The number of fused-ring (bicyclic) bond motifs is 2. The molecule has 0 fully saturated rings. The molecule has 3 nitrogen and oxygen atoms in total. The molecule has 0 saturated carbocycles. The summed E-state index contributed by atoms with van der Waals surface area (Å²) in [5.74, 6) is 2.57. The largest absolute Gasteiger partial charge is 0.493 e. The molecule has 0 bridgehead atoms. The van der Waals surface area contributed by atoms with Crippen molar-refractivity contribution in [3.8, 4) is 11.5 Å². The Bertz CT molecular complexity index is 641. The van der Waals surface area contributed by atoms with Crippen LogP contribution in [-0.4, -0.2) is 19.8 Å². The van der Waals surface area contributed by atoms with Gasteiger partial charge in [0.15, 0.2) is 0 Å². The quantitative estimate of drug-likeness (QED) is 0.936. The number of rotatable bonds is 3. The van der Waals surface area contributed by atoms with E-state index < -0.39 is 0 Å². The van der Waals surface area contributed by atoms with E-state index in [1.165, 1.54) is 11.1 Å². The molecule has 2 heterocycles. The zero-order chi connectivity index (χ0) is 14.1. The highest BCUT2D eigenvalue weighted by Crippen LogP contribution is 2.35. The molecule has 0 aromatic heterocycles. The Morgan fingerprint density at radius 3 is 2.48 bits per heavy atom. The number of para-hydroxylation sites is 2. The van der Waals surface area contributed by atoms with Crippen LogP contribution in [0.25, 0.3) is 0 Å². The van der Waals surface area contributed by atoms with Gasteiger partial charge in [0.2, 0.25) is 0 Å². The van der Waals surface area contributed by atoms with Crippen LogP contribution in [0.1, 0.15) is 29.5 Å². The van der Waals surface area contributed by atoms with Gasteiger partial charge >= 0.3 is 0 Å². The van der Waals surface area contributed by atoms with Crippen molar-refractivity contribution in [3.05, 3.63) is 59.7 Å². The highest BCUT2D eigenvalue weighted by molar-refractivity contribution is 5.40. The lowest BCUT2D eigenvalue weighted by Gasteiger charge is -2.27. The first kappa shape index (κ1) is 12.7. The van der Waals surface area contributed by atoms with Crippen LogP contribution >= 0.6 is 0 Å². The Labute approximate surface area is 124 Å². The molecule has 0 spiro atoms. The summed E-state index contributed by atoms with van der Waals surface area (Å²) in [5.41, 5.74) is 2.60. The molecule has 2 atom stereocenters. The van der Waals surface area contributed by atoms with Crippen LogP contribution in [0, 0.1) is 0 Å². The van der Waals surface area contributed by atoms with Crippen molar-refractivity contribution >= 4 is 0 Å². The summed E-state index contributed by atoms with van der Waals surface area (Å²) in [6.07, 6.45) is 1.07. The lowest BCUT2D eigenvalue weighted by molar-refractivity contribution is 0.257. The third kappa shape index (κ3) is 2.38. The molecule has 0 saturated heterocycles. The van der Waals surface area contributed by atoms with Gasteiger partial charge in [-0.1, -0.05) is 36.4 Å². The zero-order valence-corrected chi connectivity index (χ0v) is 11.9. The number of nitrogens with one attached hydrogen (secondary N) is 1. The molecule has 2 aromatic carbocycles. The summed E-state index contributed by atoms with van der Waals surface area (Å²) in [4.78, 5) is 0. The molecule has 108 valence electrons. The third-order valence-corrected chi connectivity index (χ3v) is 4.39. The molecule has 3 heteroatoms. The standard InChI is InChI=1S/C18H19NO2/c1-3-7-17-14(5-1)13(9-10-20-17)11-19-16-12-21-18-8-4-2-6-15(16)18/h1-8,13,16,19H,9-12H2. The summed E-state index contributed by atoms with van der Waals surface area (Å²) >= 11 is 0. The van der Waals surface area contributed by atoms with E-state index in [1.807, 2.05) is 18.2 Å². The number of ether oxygens (including phenoxy) is 2. The van der Waals surface area contributed by atoms with Gasteiger partial charge in [-0.05, 0) is 24.1 Å². The predicted molar refractivity (Wildman–Crippen MR) is 82.0 cm³/mol. The first-order valence-electron chi connectivity index (χ1n) is 7.58. The first-order valence-corrected chi connectivity index (χ1v) is 7.58. The molecule has 2 aromatic rings. The van der Waals surface area contributed by atoms with Gasteiger partial charge in [-0.3, -0.25) is 0 Å². The topological polar surface area (TPSA) is 30.5 Å². The summed E-state index contributed by atoms with van der Waals surface area (Å²) in [6, 6.07) is 17.0. The van der Waals surface area contributed by atoms with Gasteiger partial charge in [-0.2, -0.15) is 0 Å². The molecule has 2 aliphatic rings. The van der Waals surface area contributed by atoms with E-state index in [0.717, 1.165) is 37.7 Å². The summed E-state index contributed by atoms with van der Waals surface area (Å²) < 4.78 is 11.5. The molecule has 21 heavy (non-hydrogen) atoms. The Morgan fingerprint density at radius 1 is 0.905 bits per heavy atom. The fourth-order valence-electron chi connectivity index (χ4n) is 3.24. The van der Waals surface area contributed by atoms with Gasteiger partial charge in [-0.25, -0.2) is 0 Å². The SMILES string of the molecule is c1ccc2c(c1)OCCC2CNC1COc2ccccc21. The van der Waals surface area contributed by atoms with E-state index in [2.05, 4.69) is 35.6 Å². The summed E-state index contributed by atoms with van der Waals surface area (Å²) in [6.45, 7) is 2.49. The normalized spacial score (nSPS) is 22.9. The van der Waals surface area contributed by atoms with E-state index in [-0.39, 0.29) is 0 Å². The molecule has 1 N–H and O–H groups in total. The van der Waals surface area contributed by atoms with Crippen molar-refractivity contribution < 1.29 is 9.47 Å². The highest BCUT2D eigenvalue weighted by atomic mass is 16.5. The van der Waals surface area contributed by atoms with Crippen molar-refractivity contribution in [2.24, 2.45) is 0 Å². The van der Waals surface area contributed by atoms with Gasteiger partial charge in [0.1, 0.15) is 18.1 Å². The minimum Gasteiger partial charge on any atom is -0.493 e. The molecule has 4 rings (SSSR count). The average molecular weight is 281 g/mol. The van der Waals surface area contributed by atoms with Crippen molar-refractivity contribution in [2.75, 3.05) is 19.8 Å². The van der Waals surface area contributed by atoms with Crippen LogP contribution in [0.2, 0.25) is 0 Å². The minimum absolute atomic E-state index is 0.302. The molecular weight excluding hydrogens is 262 g/mol. The second-order valence-corrected chi connectivity index (χ2v) is 5.68. The molecule has 2 aliphatic heterocycles. The van der Waals surface area contributed by atoms with Crippen molar-refractivity contribution in [2.45, 2.75) is 18.4 Å². The van der Waals surface area contributed by atoms with Gasteiger partial charge < -0.3 is 14.8 Å². The van der Waals surface area contributed by atoms with Gasteiger partial charge in [0.05, 0.1) is 12.6 Å². The van der Waals surface area contributed by atoms with Crippen LogP contribution in [0.4, 0.5) is 0 Å². The number of benzene rings is 2. The van der Waals surface area contributed by atoms with Crippen molar-refractivity contribution in [1.82, 2.24) is 5.32 Å². The lowest BCUT2D eigenvalue weighted by atomic mass is 9.92. The maximum Gasteiger partial charge on any atom is 0.124 e. The molecule has 0 amide bonds. The lowest BCUT2D eigenvalue weighted by Crippen LogP contribution is -2.29. The van der Waals surface area contributed by atoms with Crippen molar-refractivity contribution in [3.63, 3.8) is 0 Å². The van der Waals surface area contributed by atoms with E-state index in [1.54, 1.807) is 0 Å². The van der Waals surface area contributed by atoms with E-state index in [4.69, 9.17) is 9.47 Å². The average Bonchev–Trinajstić information content (AvgIpc) is 2.96. The molecule has 0 radical (unpaired) electrons. The maximum atomic E-state index is 5.73. The van der Waals surface area contributed by atoms with Crippen molar-refractivity contribution in [1.29, 1.82) is 0 Å². The molecule has 2 unspecified atom stereocenters. The number of hydrogen-bond acceptors (Lipinski definition) is 3. The monoisotopic (exact) mass is 281 g/mol. The van der Waals surface area contributed by atoms with Crippen LogP contribution in [0.15, 0.2) is 48.5 Å². The Kier molecular flexibility index (Phi) is 3.28. The fourth-order valence-corrected chi connectivity index (χ4v) is 3.24. The summed E-state index contributed by atoms with van der Waals surface area (Å²) in [7, 11) is 0. The third-order valence-electron chi connectivity index (χ3n) is 4.39. The van der Waals surface area contributed by atoms with Gasteiger partial charge in [0, 0.05) is 18.0 Å². The second kappa shape index (κ2) is 5.41. The molecular formula is C18H19NO2. The molecule has 0 aliphatic carbocycles.